The summed E-state index contributed by atoms with van der Waals surface area (Å²) >= 11 is 0. The normalized spacial score (nSPS) is 36.9. The van der Waals surface area contributed by atoms with Crippen LogP contribution in [-0.2, 0) is 20.8 Å². The Balaban J connectivity index is 0.987. The minimum absolute atomic E-state index is 0.0257. The lowest BCUT2D eigenvalue weighted by Crippen LogP contribution is -2.70. The molecule has 0 bridgehead atoms. The summed E-state index contributed by atoms with van der Waals surface area (Å²) in [5.74, 6) is 5.42. The second-order valence-corrected chi connectivity index (χ2v) is 27.2. The van der Waals surface area contributed by atoms with Gasteiger partial charge in [0.05, 0.1) is 5.41 Å². The highest BCUT2D eigenvalue weighted by molar-refractivity contribution is 5.88. The van der Waals surface area contributed by atoms with Crippen molar-refractivity contribution in [1.82, 2.24) is 5.32 Å². The number of carbonyl (C=O) groups excluding carboxylic acids is 3. The molecule has 5 saturated carbocycles. The summed E-state index contributed by atoms with van der Waals surface area (Å²) in [6.07, 6.45) is 23.2. The molecule has 6 nitrogen and oxygen atoms in total. The van der Waals surface area contributed by atoms with Crippen LogP contribution >= 0.6 is 0 Å². The smallest absolute Gasteiger partial charge is 0.330 e. The van der Waals surface area contributed by atoms with Crippen LogP contribution < -0.4 is 14.8 Å². The quantitative estimate of drug-likeness (QED) is 0.0956. The second-order valence-electron chi connectivity index (χ2n) is 27.2. The summed E-state index contributed by atoms with van der Waals surface area (Å²) in [5.41, 5.74) is 4.45. The monoisotopic (exact) mass is 938 g/mol. The first-order valence-corrected chi connectivity index (χ1v) is 28.2. The highest BCUT2D eigenvalue weighted by Crippen LogP contribution is 2.81. The van der Waals surface area contributed by atoms with Gasteiger partial charge in [-0.3, -0.25) is 9.59 Å². The zero-order valence-corrected chi connectivity index (χ0v) is 46.3. The molecule has 1 aromatic rings. The first kappa shape index (κ1) is 53.2. The molecule has 382 valence electrons. The molecule has 1 amide bonds. The fourth-order valence-corrected chi connectivity index (χ4v) is 17.8. The number of ketones is 1. The van der Waals surface area contributed by atoms with Crippen molar-refractivity contribution in [2.75, 3.05) is 6.54 Å². The number of Topliss-reactive ketones (excluding diaryl/α,β-unsaturated/α-hetero) is 1. The topological polar surface area (TPSA) is 81.7 Å². The molecule has 6 aliphatic rings. The molecule has 0 radical (unpaired) electrons. The van der Waals surface area contributed by atoms with E-state index < -0.39 is 11.4 Å². The number of hydrogen-bond donors (Lipinski definition) is 1. The average Bonchev–Trinajstić information content (AvgIpc) is 3.68. The number of amides is 1. The minimum atomic E-state index is -0.552. The Bertz CT molecular complexity index is 2080. The zero-order chi connectivity index (χ0) is 50.0. The van der Waals surface area contributed by atoms with Gasteiger partial charge in [0.25, 0.3) is 0 Å². The van der Waals surface area contributed by atoms with Gasteiger partial charge < -0.3 is 14.8 Å². The number of fused-ring (bicyclic) bond motifs is 8. The zero-order valence-electron chi connectivity index (χ0n) is 46.3. The van der Waals surface area contributed by atoms with Gasteiger partial charge in [-0.1, -0.05) is 126 Å². The van der Waals surface area contributed by atoms with Crippen molar-refractivity contribution >= 4 is 17.7 Å². The SMILES string of the molecule is C=C(C)[C@@H]1CC[C@]2(C(=O)NCC(=O)Oc3c(C)c(C)c4c(c3C)CC[C@@](C)(CCC[C@H](C)CCC[C@H](C)CCCC(C)C)O4)CC[C@@]3(C)[C@]4(C)CC[C@H]5C(C)(C)C(=O)CC[C@]5(C)[C@H]4CC[C@]3(C)[C@@H]12. The molecule has 0 spiro atoms. The molecular formula is C62H99NO5. The second kappa shape index (κ2) is 19.4. The van der Waals surface area contributed by atoms with Gasteiger partial charge in [-0.2, -0.15) is 0 Å². The van der Waals surface area contributed by atoms with Crippen LogP contribution in [0.1, 0.15) is 234 Å². The van der Waals surface area contributed by atoms with Crippen LogP contribution in [0.15, 0.2) is 12.2 Å². The van der Waals surface area contributed by atoms with Crippen molar-refractivity contribution in [3.8, 4) is 11.5 Å². The van der Waals surface area contributed by atoms with Gasteiger partial charge in [-0.15, -0.1) is 0 Å². The molecule has 0 saturated heterocycles. The highest BCUT2D eigenvalue weighted by atomic mass is 16.5. The summed E-state index contributed by atoms with van der Waals surface area (Å²) < 4.78 is 13.2. The molecule has 1 N–H and O–H groups in total. The maximum atomic E-state index is 15.0. The van der Waals surface area contributed by atoms with Crippen LogP contribution in [-0.4, -0.2) is 29.8 Å². The molecule has 1 aliphatic heterocycles. The first-order chi connectivity index (χ1) is 31.7. The Hall–Kier alpha value is -2.63. The molecule has 5 fully saturated rings. The summed E-state index contributed by atoms with van der Waals surface area (Å²) in [7, 11) is 0. The third kappa shape index (κ3) is 9.01. The Morgan fingerprint density at radius 3 is 1.99 bits per heavy atom. The number of carbonyl (C=O) groups is 3. The molecule has 0 unspecified atom stereocenters. The number of benzene rings is 1. The largest absolute Gasteiger partial charge is 0.487 e. The van der Waals surface area contributed by atoms with Gasteiger partial charge in [0.1, 0.15) is 29.4 Å². The number of nitrogens with one attached hydrogen (secondary N) is 1. The van der Waals surface area contributed by atoms with Crippen LogP contribution in [0.5, 0.6) is 11.5 Å². The van der Waals surface area contributed by atoms with Crippen LogP contribution in [0.25, 0.3) is 0 Å². The van der Waals surface area contributed by atoms with E-state index in [1.165, 1.54) is 56.9 Å². The molecule has 12 atom stereocenters. The van der Waals surface area contributed by atoms with Crippen molar-refractivity contribution in [3.63, 3.8) is 0 Å². The predicted molar refractivity (Wildman–Crippen MR) is 280 cm³/mol. The summed E-state index contributed by atoms with van der Waals surface area (Å²) in [6, 6.07) is 0. The number of hydrogen-bond acceptors (Lipinski definition) is 5. The Labute approximate surface area is 415 Å². The lowest BCUT2D eigenvalue weighted by atomic mass is 9.29. The molecule has 1 aromatic carbocycles. The van der Waals surface area contributed by atoms with Crippen LogP contribution in [0.4, 0.5) is 0 Å². The molecule has 68 heavy (non-hydrogen) atoms. The van der Waals surface area contributed by atoms with Crippen molar-refractivity contribution < 1.29 is 23.9 Å². The number of ether oxygens (including phenoxy) is 2. The number of esters is 1. The van der Waals surface area contributed by atoms with Crippen LogP contribution in [0, 0.1) is 94.7 Å². The van der Waals surface area contributed by atoms with Gasteiger partial charge in [-0.25, -0.2) is 4.79 Å². The van der Waals surface area contributed by atoms with Gasteiger partial charge in [0, 0.05) is 17.4 Å². The average molecular weight is 938 g/mol. The maximum absolute atomic E-state index is 15.0. The fraction of sp³-hybridized carbons (Fsp3) is 0.823. The van der Waals surface area contributed by atoms with E-state index in [-0.39, 0.29) is 57.0 Å². The third-order valence-corrected chi connectivity index (χ3v) is 22.5. The lowest BCUT2D eigenvalue weighted by molar-refractivity contribution is -0.266. The molecule has 0 aromatic heterocycles. The maximum Gasteiger partial charge on any atom is 0.330 e. The van der Waals surface area contributed by atoms with E-state index in [0.717, 1.165) is 123 Å². The molecule has 7 rings (SSSR count). The fourth-order valence-electron chi connectivity index (χ4n) is 17.8. The van der Waals surface area contributed by atoms with Gasteiger partial charge in [-0.05, 0) is 198 Å². The Morgan fingerprint density at radius 1 is 0.721 bits per heavy atom. The van der Waals surface area contributed by atoms with Crippen molar-refractivity contribution in [1.29, 1.82) is 0 Å². The summed E-state index contributed by atoms with van der Waals surface area (Å²) in [5, 5.41) is 3.22. The predicted octanol–water partition coefficient (Wildman–Crippen LogP) is 15.8. The van der Waals surface area contributed by atoms with E-state index in [1.54, 1.807) is 0 Å². The van der Waals surface area contributed by atoms with E-state index in [0.29, 0.717) is 29.8 Å². The molecule has 6 heteroatoms. The van der Waals surface area contributed by atoms with E-state index in [9.17, 15) is 9.59 Å². The van der Waals surface area contributed by atoms with Gasteiger partial charge in [0.15, 0.2) is 0 Å². The standard InChI is InChI=1S/C62H99NO5/c1-39(2)20-17-21-41(5)22-18-23-42(6)24-19-30-57(12)31-25-47-45(9)52(43(7)44(8)53(47)68-57)67-51(65)38-63-55(66)62-35-26-46(40(3)4)54(62)60(15)34-28-49-58(13)32-29-50(64)56(10,11)48(58)27-33-59(49,14)61(60,16)36-37-62/h39,41-42,46,48-49,54H,3,17-38H2,1-2,4-16H3,(H,63,66)/t41-,42-,46+,48+,49-,54-,57-,58+,59-,60-,61+,62+/m1/s1. The van der Waals surface area contributed by atoms with E-state index in [1.807, 2.05) is 6.92 Å². The first-order valence-electron chi connectivity index (χ1n) is 28.2. The van der Waals surface area contributed by atoms with Crippen LogP contribution in [0.2, 0.25) is 0 Å². The molecule has 5 aliphatic carbocycles. The van der Waals surface area contributed by atoms with Gasteiger partial charge >= 0.3 is 5.97 Å². The molecular weight excluding hydrogens is 839 g/mol. The van der Waals surface area contributed by atoms with Crippen molar-refractivity contribution in [3.05, 3.63) is 34.4 Å². The minimum Gasteiger partial charge on any atom is -0.487 e. The number of allylic oxidation sites excluding steroid dienone is 1. The third-order valence-electron chi connectivity index (χ3n) is 22.5. The van der Waals surface area contributed by atoms with E-state index in [4.69, 9.17) is 9.47 Å². The molecule has 1 heterocycles. The van der Waals surface area contributed by atoms with E-state index >= 15 is 4.79 Å². The summed E-state index contributed by atoms with van der Waals surface area (Å²) in [6.45, 7) is 39.4. The lowest BCUT2D eigenvalue weighted by Gasteiger charge is -2.75. The Morgan fingerprint density at radius 2 is 1.34 bits per heavy atom. The highest BCUT2D eigenvalue weighted by Gasteiger charge is 2.75. The van der Waals surface area contributed by atoms with Crippen molar-refractivity contribution in [2.24, 2.45) is 73.9 Å². The Kier molecular flexibility index (Phi) is 15.2. The van der Waals surface area contributed by atoms with E-state index in [2.05, 4.69) is 109 Å². The van der Waals surface area contributed by atoms with Gasteiger partial charge in [0.2, 0.25) is 5.91 Å². The van der Waals surface area contributed by atoms with Crippen molar-refractivity contribution in [2.45, 2.75) is 244 Å². The summed E-state index contributed by atoms with van der Waals surface area (Å²) in [4.78, 5) is 42.3. The van der Waals surface area contributed by atoms with Crippen LogP contribution in [0.3, 0.4) is 0 Å². The number of rotatable bonds is 17.